The highest BCUT2D eigenvalue weighted by Gasteiger charge is 2.51. The van der Waals surface area contributed by atoms with Crippen LogP contribution in [0.5, 0.6) is 17.4 Å². The fraction of sp³-hybridized carbons (Fsp3) is 0.348. The number of nitriles is 1. The Morgan fingerprint density at radius 1 is 0.789 bits per heavy atom. The molecule has 1 saturated heterocycles. The Labute approximate surface area is 523 Å². The van der Waals surface area contributed by atoms with Crippen molar-refractivity contribution in [3.8, 4) is 23.4 Å². The van der Waals surface area contributed by atoms with E-state index in [1.54, 1.807) is 31.2 Å². The average Bonchev–Trinajstić information content (AvgIpc) is 0.906. The van der Waals surface area contributed by atoms with Crippen molar-refractivity contribution in [1.29, 1.82) is 5.26 Å². The number of aromatic nitrogens is 4. The number of carbonyl (C=O) groups is 3. The van der Waals surface area contributed by atoms with Crippen molar-refractivity contribution >= 4 is 75.9 Å². The summed E-state index contributed by atoms with van der Waals surface area (Å²) >= 11 is 0. The van der Waals surface area contributed by atoms with Crippen molar-refractivity contribution < 1.29 is 61.3 Å². The number of benzene rings is 7. The minimum atomic E-state index is -1.82. The minimum Gasteiger partial charge on any atom is -0.497 e. The average molecular weight is 1240 g/mol. The smallest absolute Gasteiger partial charge is 0.303 e. The number of hydrogen-bond donors (Lipinski definition) is 1. The summed E-state index contributed by atoms with van der Waals surface area (Å²) < 4.78 is 68.6. The highest BCUT2D eigenvalue weighted by Crippen LogP contribution is 2.53. The summed E-state index contributed by atoms with van der Waals surface area (Å²) in [7, 11) is 1.44. The van der Waals surface area contributed by atoms with Crippen molar-refractivity contribution in [2.45, 2.75) is 122 Å². The maximum absolute atomic E-state index is 13.4. The first-order valence-corrected chi connectivity index (χ1v) is 31.0. The van der Waals surface area contributed by atoms with E-state index in [9.17, 15) is 19.6 Å². The normalized spacial score (nSPS) is 19.5. The number of methoxy groups -OCH3 is 2. The van der Waals surface area contributed by atoms with E-state index in [-0.39, 0.29) is 67.7 Å². The van der Waals surface area contributed by atoms with Gasteiger partial charge in [0.15, 0.2) is 29.5 Å². The van der Waals surface area contributed by atoms with E-state index in [1.807, 2.05) is 127 Å². The van der Waals surface area contributed by atoms with Crippen LogP contribution in [0.1, 0.15) is 107 Å². The summed E-state index contributed by atoms with van der Waals surface area (Å²) in [5.41, 5.74) is 2.91. The molecule has 8 atom stereocenters. The predicted octanol–water partition coefficient (Wildman–Crippen LogP) is 12.9. The minimum absolute atomic E-state index is 0.00542. The molecule has 1 N–H and O–H groups in total. The van der Waals surface area contributed by atoms with Gasteiger partial charge < -0.3 is 52.3 Å². The van der Waals surface area contributed by atoms with Gasteiger partial charge in [0.2, 0.25) is 11.8 Å². The molecular formula is C69H72N7O13P. The molecule has 1 unspecified atom stereocenters. The van der Waals surface area contributed by atoms with Crippen LogP contribution in [0.25, 0.3) is 43.5 Å². The van der Waals surface area contributed by atoms with Crippen LogP contribution in [-0.4, -0.2) is 113 Å². The fourth-order valence-electron chi connectivity index (χ4n) is 12.6. The summed E-state index contributed by atoms with van der Waals surface area (Å²) in [4.78, 5) is 54.8. The largest absolute Gasteiger partial charge is 0.497 e. The Morgan fingerprint density at radius 3 is 2.02 bits per heavy atom. The molecule has 90 heavy (non-hydrogen) atoms. The number of esters is 3. The molecule has 0 amide bonds. The summed E-state index contributed by atoms with van der Waals surface area (Å²) in [6.45, 7) is 16.1. The van der Waals surface area contributed by atoms with Gasteiger partial charge in [0.05, 0.1) is 58.4 Å². The molecule has 466 valence electrons. The standard InChI is InChI=1S/C69H72N7O13P/c1-11-34-82-67-62-66(73-68(74-67)72-61-60-53-32-23-46-18-15-17-45-21-22-47(59(53)58(45)46)36-54(60)63(85-42(6)77)65(87-44(8)79)64(61)86-43(7)78)75(39-71-62)57-37-55(89-90(84-35-16-33-70)76(40(2)3)41(4)5)56(88-57)38-83-69(48-19-13-12-14-20-48,49-24-28-51(80-9)29-25-49)50-26-30-52(81-10)31-27-50/h11-15,17-32,36,39-41,55-57,61,63-65H,1,16,34-35,37-38H2,2-10H3,(H,72,73,74)/t55-,56+,57+,61+,63-,64-,65+,90?/m0/s1. The third-order valence-corrected chi connectivity index (χ3v) is 18.4. The second-order valence-corrected chi connectivity index (χ2v) is 24.1. The molecule has 0 spiro atoms. The SMILES string of the molecule is C=CCOc1nc(N[C@@H]2c3c(cc4ccc5cccc6ccc3c4c56)[C@H](OC(C)=O)[C@@H](OC(C)=O)[C@H]2OC(C)=O)nc2c1ncn2[C@H]1C[C@H](OP(OCCC#N)N(C(C)C)C(C)C)[C@@H](COC(c2ccccc2)(c2ccc(OC)cc2)c2ccc(OC)cc2)O1. The van der Waals surface area contributed by atoms with E-state index >= 15 is 0 Å². The highest BCUT2D eigenvalue weighted by molar-refractivity contribution is 7.44. The fourth-order valence-corrected chi connectivity index (χ4v) is 14.4. The molecule has 1 aliphatic carbocycles. The lowest BCUT2D eigenvalue weighted by Crippen LogP contribution is -2.50. The lowest BCUT2D eigenvalue weighted by atomic mass is 9.77. The lowest BCUT2D eigenvalue weighted by molar-refractivity contribution is -0.187. The van der Waals surface area contributed by atoms with Crippen molar-refractivity contribution in [1.82, 2.24) is 24.2 Å². The van der Waals surface area contributed by atoms with Crippen molar-refractivity contribution in [2.75, 3.05) is 39.4 Å². The maximum atomic E-state index is 13.4. The Bertz CT molecular complexity index is 4010. The van der Waals surface area contributed by atoms with Gasteiger partial charge in [0, 0.05) is 44.8 Å². The monoisotopic (exact) mass is 1240 g/mol. The van der Waals surface area contributed by atoms with E-state index in [0.717, 1.165) is 49.0 Å². The van der Waals surface area contributed by atoms with E-state index < -0.39 is 74.8 Å². The molecule has 1 aliphatic heterocycles. The molecule has 0 bridgehead atoms. The first-order valence-electron chi connectivity index (χ1n) is 29.9. The number of hydrogen-bond acceptors (Lipinski definition) is 19. The van der Waals surface area contributed by atoms with Crippen LogP contribution in [0.3, 0.4) is 0 Å². The van der Waals surface area contributed by atoms with E-state index in [4.69, 9.17) is 61.9 Å². The second-order valence-electron chi connectivity index (χ2n) is 22.7. The van der Waals surface area contributed by atoms with Crippen molar-refractivity contribution in [2.24, 2.45) is 0 Å². The summed E-state index contributed by atoms with van der Waals surface area (Å²) in [6.07, 6.45) is -2.66. The number of nitrogens with zero attached hydrogens (tertiary/aromatic N) is 6. The summed E-state index contributed by atoms with van der Waals surface area (Å²) in [5.74, 6) is -0.609. The molecule has 11 rings (SSSR count). The molecule has 2 aliphatic rings. The van der Waals surface area contributed by atoms with Gasteiger partial charge in [-0.05, 0) is 113 Å². The molecule has 0 saturated carbocycles. The number of nitrogens with one attached hydrogen (secondary N) is 1. The van der Waals surface area contributed by atoms with Crippen molar-refractivity contribution in [3.05, 3.63) is 174 Å². The molecule has 21 heteroatoms. The molecule has 20 nitrogen and oxygen atoms in total. The van der Waals surface area contributed by atoms with E-state index in [0.29, 0.717) is 22.6 Å². The molecule has 1 fully saturated rings. The maximum Gasteiger partial charge on any atom is 0.303 e. The number of carbonyl (C=O) groups excluding carboxylic acids is 3. The van der Waals surface area contributed by atoms with Crippen molar-refractivity contribution in [3.63, 3.8) is 0 Å². The molecule has 0 radical (unpaired) electrons. The zero-order chi connectivity index (χ0) is 63.4. The van der Waals surface area contributed by atoms with Crippen LogP contribution in [0.15, 0.2) is 146 Å². The quantitative estimate of drug-likeness (QED) is 0.0107. The van der Waals surface area contributed by atoms with Gasteiger partial charge in [-0.25, -0.2) is 9.65 Å². The third-order valence-electron chi connectivity index (χ3n) is 16.2. The lowest BCUT2D eigenvalue weighted by Gasteiger charge is -2.43. The Hall–Kier alpha value is -8.80. The highest BCUT2D eigenvalue weighted by atomic mass is 31.2. The van der Waals surface area contributed by atoms with E-state index in [2.05, 4.69) is 50.3 Å². The summed E-state index contributed by atoms with van der Waals surface area (Å²) in [5, 5.41) is 18.8. The van der Waals surface area contributed by atoms with Gasteiger partial charge in [-0.2, -0.15) is 15.2 Å². The first-order chi connectivity index (χ1) is 43.5. The summed E-state index contributed by atoms with van der Waals surface area (Å²) in [6, 6.07) is 42.7. The van der Waals surface area contributed by atoms with Crippen LogP contribution in [0.2, 0.25) is 0 Å². The van der Waals surface area contributed by atoms with Gasteiger partial charge in [0.1, 0.15) is 36.0 Å². The number of ether oxygens (including phenoxy) is 8. The first kappa shape index (κ1) is 62.8. The van der Waals surface area contributed by atoms with Crippen LogP contribution >= 0.6 is 8.53 Å². The molecule has 3 heterocycles. The van der Waals surface area contributed by atoms with E-state index in [1.165, 1.54) is 20.8 Å². The number of rotatable bonds is 25. The third kappa shape index (κ3) is 12.5. The van der Waals surface area contributed by atoms with Crippen LogP contribution in [-0.2, 0) is 52.7 Å². The molecule has 9 aromatic rings. The number of anilines is 1. The Balaban J connectivity index is 1.06. The van der Waals surface area contributed by atoms with Gasteiger partial charge >= 0.3 is 17.9 Å². The number of fused-ring (bicyclic) bond motifs is 3. The van der Waals surface area contributed by atoms with Gasteiger partial charge in [-0.1, -0.05) is 110 Å². The van der Waals surface area contributed by atoms with Gasteiger partial charge in [-0.3, -0.25) is 19.0 Å². The van der Waals surface area contributed by atoms with Gasteiger partial charge in [-0.15, -0.1) is 0 Å². The van der Waals surface area contributed by atoms with Gasteiger partial charge in [0.25, 0.3) is 8.53 Å². The zero-order valence-electron chi connectivity index (χ0n) is 51.7. The Morgan fingerprint density at radius 2 is 1.41 bits per heavy atom. The topological polar surface area (TPSA) is 226 Å². The van der Waals surface area contributed by atoms with Crippen LogP contribution < -0.4 is 19.5 Å². The molecular weight excluding hydrogens is 1170 g/mol. The van der Waals surface area contributed by atoms with Crippen LogP contribution in [0.4, 0.5) is 5.95 Å². The van der Waals surface area contributed by atoms with Crippen LogP contribution in [0, 0.1) is 11.3 Å². The zero-order valence-corrected chi connectivity index (χ0v) is 52.5. The predicted molar refractivity (Wildman–Crippen MR) is 340 cm³/mol. The molecule has 7 aromatic carbocycles. The molecule has 2 aromatic heterocycles. The second kappa shape index (κ2) is 27.1. The Kier molecular flexibility index (Phi) is 18.9. The number of imidazole rings is 1.